The fourth-order valence-corrected chi connectivity index (χ4v) is 2.10. The second kappa shape index (κ2) is 5.45. The number of hydrogen-bond acceptors (Lipinski definition) is 5. The number of carbonyl (C=O) groups excluding carboxylic acids is 3. The van der Waals surface area contributed by atoms with Gasteiger partial charge in [0.15, 0.2) is 5.78 Å². The maximum atomic E-state index is 12.3. The Labute approximate surface area is 116 Å². The molecule has 0 aliphatic carbocycles. The van der Waals surface area contributed by atoms with Gasteiger partial charge in [0.1, 0.15) is 18.3 Å². The van der Waals surface area contributed by atoms with Crippen molar-refractivity contribution in [3.8, 4) is 5.75 Å². The van der Waals surface area contributed by atoms with E-state index in [1.807, 2.05) is 19.9 Å². The summed E-state index contributed by atoms with van der Waals surface area (Å²) in [4.78, 5) is 35.4. The molecule has 0 fully saturated rings. The molecule has 2 rings (SSSR count). The van der Waals surface area contributed by atoms with Crippen LogP contribution < -0.4 is 4.74 Å². The molecular weight excluding hydrogens is 260 g/mol. The topological polar surface area (TPSA) is 69.7 Å². The van der Waals surface area contributed by atoms with Crippen molar-refractivity contribution in [2.24, 2.45) is 5.92 Å². The summed E-state index contributed by atoms with van der Waals surface area (Å²) in [7, 11) is 1.11. The molecule has 0 bridgehead atoms. The van der Waals surface area contributed by atoms with E-state index >= 15 is 0 Å². The smallest absolute Gasteiger partial charge is 0.375 e. The van der Waals surface area contributed by atoms with E-state index < -0.39 is 17.7 Å². The van der Waals surface area contributed by atoms with Crippen LogP contribution in [0, 0.1) is 5.92 Å². The van der Waals surface area contributed by atoms with Crippen LogP contribution in [-0.2, 0) is 14.3 Å². The fourth-order valence-electron chi connectivity index (χ4n) is 2.10. The van der Waals surface area contributed by atoms with Crippen LogP contribution in [0.15, 0.2) is 18.2 Å². The van der Waals surface area contributed by atoms with Gasteiger partial charge in [-0.25, -0.2) is 4.79 Å². The van der Waals surface area contributed by atoms with Crippen LogP contribution in [0.2, 0.25) is 0 Å². The average Bonchev–Trinajstić information content (AvgIpc) is 2.45. The molecule has 0 amide bonds. The summed E-state index contributed by atoms with van der Waals surface area (Å²) < 4.78 is 9.77. The average molecular weight is 276 g/mol. The molecule has 0 aromatic heterocycles. The molecule has 0 saturated heterocycles. The van der Waals surface area contributed by atoms with Crippen molar-refractivity contribution in [2.45, 2.75) is 19.8 Å². The monoisotopic (exact) mass is 276 g/mol. The Bertz CT molecular complexity index is 574. The number of benzene rings is 1. The lowest BCUT2D eigenvalue weighted by Gasteiger charge is -2.23. The number of hydrogen-bond donors (Lipinski definition) is 0. The Morgan fingerprint density at radius 1 is 1.35 bits per heavy atom. The molecule has 5 nitrogen and oxygen atoms in total. The normalized spacial score (nSPS) is 17.4. The number of esters is 1. The highest BCUT2D eigenvalue weighted by Gasteiger charge is 2.38. The van der Waals surface area contributed by atoms with E-state index in [9.17, 15) is 14.4 Å². The molecule has 106 valence electrons. The van der Waals surface area contributed by atoms with E-state index in [0.717, 1.165) is 12.7 Å². The predicted molar refractivity (Wildman–Crippen MR) is 70.9 cm³/mol. The first-order valence-corrected chi connectivity index (χ1v) is 6.38. The molecule has 1 aromatic rings. The fraction of sp³-hybridized carbons (Fsp3) is 0.400. The highest BCUT2D eigenvalue weighted by atomic mass is 16.5. The third-order valence-electron chi connectivity index (χ3n) is 3.36. The third-order valence-corrected chi connectivity index (χ3v) is 3.36. The van der Waals surface area contributed by atoms with Crippen molar-refractivity contribution in [3.05, 3.63) is 29.3 Å². The van der Waals surface area contributed by atoms with Crippen molar-refractivity contribution in [2.75, 3.05) is 13.7 Å². The number of rotatable bonds is 3. The Kier molecular flexibility index (Phi) is 3.88. The molecule has 1 aliphatic heterocycles. The molecular formula is C15H16O5. The van der Waals surface area contributed by atoms with Crippen molar-refractivity contribution in [1.82, 2.24) is 0 Å². The Balaban J connectivity index is 2.35. The first-order chi connectivity index (χ1) is 9.45. The third kappa shape index (κ3) is 2.43. The Morgan fingerprint density at radius 2 is 2.05 bits per heavy atom. The van der Waals surface area contributed by atoms with Crippen LogP contribution in [0.3, 0.4) is 0 Å². The van der Waals surface area contributed by atoms with Crippen LogP contribution in [0.25, 0.3) is 0 Å². The zero-order valence-corrected chi connectivity index (χ0v) is 11.6. The summed E-state index contributed by atoms with van der Waals surface area (Å²) in [5.41, 5.74) is 1.33. The second-order valence-corrected chi connectivity index (χ2v) is 4.99. The minimum absolute atomic E-state index is 0.124. The van der Waals surface area contributed by atoms with E-state index in [1.165, 1.54) is 0 Å². The van der Waals surface area contributed by atoms with Crippen LogP contribution in [-0.4, -0.2) is 31.3 Å². The van der Waals surface area contributed by atoms with Crippen molar-refractivity contribution >= 4 is 17.5 Å². The molecule has 1 unspecified atom stereocenters. The minimum Gasteiger partial charge on any atom is -0.492 e. The van der Waals surface area contributed by atoms with Gasteiger partial charge in [-0.2, -0.15) is 0 Å². The maximum Gasteiger partial charge on any atom is 0.375 e. The molecule has 1 aromatic carbocycles. The van der Waals surface area contributed by atoms with Gasteiger partial charge in [-0.1, -0.05) is 19.9 Å². The van der Waals surface area contributed by atoms with Gasteiger partial charge in [0.2, 0.25) is 0 Å². The Morgan fingerprint density at radius 3 is 2.65 bits per heavy atom. The summed E-state index contributed by atoms with van der Waals surface area (Å²) in [5, 5.41) is 0. The molecule has 1 heterocycles. The summed E-state index contributed by atoms with van der Waals surface area (Å²) >= 11 is 0. The van der Waals surface area contributed by atoms with Crippen LogP contribution in [0.1, 0.15) is 35.7 Å². The minimum atomic E-state index is -1.11. The van der Waals surface area contributed by atoms with Crippen LogP contribution in [0.4, 0.5) is 0 Å². The predicted octanol–water partition coefficient (Wildman–Crippen LogP) is 1.74. The van der Waals surface area contributed by atoms with Crippen LogP contribution in [0.5, 0.6) is 5.75 Å². The summed E-state index contributed by atoms with van der Waals surface area (Å²) in [6.45, 7) is 3.89. The zero-order chi connectivity index (χ0) is 14.9. The number of fused-ring (bicyclic) bond motifs is 1. The number of Topliss-reactive ketones (excluding diaryl/α,β-unsaturated/α-hetero) is 2. The van der Waals surface area contributed by atoms with Crippen LogP contribution >= 0.6 is 0 Å². The van der Waals surface area contributed by atoms with Gasteiger partial charge in [0, 0.05) is 0 Å². The van der Waals surface area contributed by atoms with Crippen molar-refractivity contribution in [1.29, 1.82) is 0 Å². The van der Waals surface area contributed by atoms with Gasteiger partial charge in [0.25, 0.3) is 5.78 Å². The highest BCUT2D eigenvalue weighted by Crippen LogP contribution is 2.30. The number of ether oxygens (including phenoxy) is 2. The molecule has 0 radical (unpaired) electrons. The first kappa shape index (κ1) is 14.2. The van der Waals surface area contributed by atoms with Gasteiger partial charge in [0.05, 0.1) is 12.7 Å². The maximum absolute atomic E-state index is 12.3. The lowest BCUT2D eigenvalue weighted by molar-refractivity contribution is -0.153. The van der Waals surface area contributed by atoms with Crippen molar-refractivity contribution < 1.29 is 23.9 Å². The van der Waals surface area contributed by atoms with Gasteiger partial charge < -0.3 is 9.47 Å². The van der Waals surface area contributed by atoms with Gasteiger partial charge in [-0.3, -0.25) is 9.59 Å². The van der Waals surface area contributed by atoms with Gasteiger partial charge in [-0.15, -0.1) is 0 Å². The quantitative estimate of drug-likeness (QED) is 0.478. The van der Waals surface area contributed by atoms with Gasteiger partial charge >= 0.3 is 5.97 Å². The van der Waals surface area contributed by atoms with E-state index in [0.29, 0.717) is 11.3 Å². The lowest BCUT2D eigenvalue weighted by atomic mass is 9.89. The first-order valence-electron chi connectivity index (χ1n) is 6.38. The number of methoxy groups -OCH3 is 1. The molecule has 0 saturated carbocycles. The van der Waals surface area contributed by atoms with E-state index in [1.54, 1.807) is 12.1 Å². The molecule has 0 N–H and O–H groups in total. The standard InChI is InChI=1S/C15H16O5/c1-8(2)9-4-5-12-10(6-9)13(16)11(7-20-12)14(17)15(18)19-3/h4-6,8,11H,7H2,1-3H3. The summed E-state index contributed by atoms with van der Waals surface area (Å²) in [5.74, 6) is -2.67. The number of carbonyl (C=O) groups is 3. The largest absolute Gasteiger partial charge is 0.492 e. The lowest BCUT2D eigenvalue weighted by Crippen LogP contribution is -2.38. The SMILES string of the molecule is COC(=O)C(=O)C1COc2ccc(C(C)C)cc2C1=O. The summed E-state index contributed by atoms with van der Waals surface area (Å²) in [6.07, 6.45) is 0. The molecule has 5 heteroatoms. The van der Waals surface area contributed by atoms with Gasteiger partial charge in [-0.05, 0) is 23.6 Å². The molecule has 0 spiro atoms. The highest BCUT2D eigenvalue weighted by molar-refractivity contribution is 6.39. The summed E-state index contributed by atoms with van der Waals surface area (Å²) in [6, 6.07) is 5.33. The second-order valence-electron chi connectivity index (χ2n) is 4.99. The van der Waals surface area contributed by atoms with E-state index in [-0.39, 0.29) is 18.3 Å². The Hall–Kier alpha value is -2.17. The molecule has 1 aliphatic rings. The zero-order valence-electron chi connectivity index (χ0n) is 11.6. The molecule has 1 atom stereocenters. The number of ketones is 2. The van der Waals surface area contributed by atoms with Crippen molar-refractivity contribution in [3.63, 3.8) is 0 Å². The van der Waals surface area contributed by atoms with E-state index in [2.05, 4.69) is 4.74 Å². The molecule has 20 heavy (non-hydrogen) atoms. The van der Waals surface area contributed by atoms with E-state index in [4.69, 9.17) is 4.74 Å².